The molecule has 0 aliphatic carbocycles. The van der Waals surface area contributed by atoms with Crippen molar-refractivity contribution in [1.29, 1.82) is 0 Å². The number of hydrogen-bond acceptors (Lipinski definition) is 6. The van der Waals surface area contributed by atoms with Crippen LogP contribution in [-0.4, -0.2) is 34.5 Å². The number of aryl methyl sites for hydroxylation is 1. The van der Waals surface area contributed by atoms with Gasteiger partial charge in [0.2, 0.25) is 6.54 Å². The van der Waals surface area contributed by atoms with Crippen LogP contribution in [0.2, 0.25) is 0 Å². The highest BCUT2D eigenvalue weighted by molar-refractivity contribution is 5.80. The molecule has 0 radical (unpaired) electrons. The molecule has 0 bridgehead atoms. The Morgan fingerprint density at radius 1 is 1.27 bits per heavy atom. The van der Waals surface area contributed by atoms with Crippen molar-refractivity contribution in [3.8, 4) is 0 Å². The van der Waals surface area contributed by atoms with Gasteiger partial charge in [0, 0.05) is 16.8 Å². The summed E-state index contributed by atoms with van der Waals surface area (Å²) >= 11 is 0. The summed E-state index contributed by atoms with van der Waals surface area (Å²) in [6.45, 7) is 3.64. The maximum absolute atomic E-state index is 12.1. The first-order valence-corrected chi connectivity index (χ1v) is 6.73. The van der Waals surface area contributed by atoms with Crippen LogP contribution in [0.25, 0.3) is 0 Å². The molecule has 0 heterocycles. The highest BCUT2D eigenvalue weighted by Crippen LogP contribution is 2.33. The van der Waals surface area contributed by atoms with E-state index in [0.29, 0.717) is 5.56 Å². The lowest BCUT2D eigenvalue weighted by molar-refractivity contribution is -0.570. The number of nitrogens with zero attached hydrogens (tertiary/aromatic N) is 2. The van der Waals surface area contributed by atoms with Crippen LogP contribution in [0, 0.1) is 27.2 Å². The number of rotatable bonds is 7. The number of carbonyl (C=O) groups is 1. The first kappa shape index (κ1) is 17.5. The second kappa shape index (κ2) is 6.97. The summed E-state index contributed by atoms with van der Waals surface area (Å²) in [4.78, 5) is 33.0. The van der Waals surface area contributed by atoms with Gasteiger partial charge in [0.05, 0.1) is 6.61 Å². The van der Waals surface area contributed by atoms with E-state index in [1.54, 1.807) is 24.3 Å². The van der Waals surface area contributed by atoms with Crippen molar-refractivity contribution in [3.05, 3.63) is 55.6 Å². The Hall–Kier alpha value is -2.51. The van der Waals surface area contributed by atoms with Gasteiger partial charge in [-0.1, -0.05) is 29.8 Å². The van der Waals surface area contributed by atoms with E-state index in [1.807, 2.05) is 6.92 Å². The molecule has 120 valence electrons. The smallest absolute Gasteiger partial charge is 0.385 e. The fourth-order valence-corrected chi connectivity index (χ4v) is 2.18. The Morgan fingerprint density at radius 3 is 2.23 bits per heavy atom. The van der Waals surface area contributed by atoms with Crippen molar-refractivity contribution in [3.63, 3.8) is 0 Å². The normalized spacial score (nSPS) is 14.7. The van der Waals surface area contributed by atoms with Crippen molar-refractivity contribution in [2.24, 2.45) is 0 Å². The van der Waals surface area contributed by atoms with Crippen molar-refractivity contribution in [2.75, 3.05) is 13.2 Å². The largest absolute Gasteiger partial charge is 0.461 e. The lowest BCUT2D eigenvalue weighted by atomic mass is 9.80. The van der Waals surface area contributed by atoms with Crippen LogP contribution in [0.4, 0.5) is 0 Å². The van der Waals surface area contributed by atoms with Crippen LogP contribution in [0.3, 0.4) is 0 Å². The molecular weight excluding hydrogens is 292 g/mol. The molecule has 0 unspecified atom stereocenters. The minimum absolute atomic E-state index is 0.0403. The van der Waals surface area contributed by atoms with Crippen LogP contribution in [0.5, 0.6) is 0 Å². The van der Waals surface area contributed by atoms with Crippen molar-refractivity contribution < 1.29 is 19.4 Å². The number of carbonyl (C=O) groups excluding carboxylic acids is 1. The summed E-state index contributed by atoms with van der Waals surface area (Å²) in [5.74, 6) is -2.30. The van der Waals surface area contributed by atoms with E-state index in [2.05, 4.69) is 0 Å². The van der Waals surface area contributed by atoms with Gasteiger partial charge in [0.1, 0.15) is 5.92 Å². The molecule has 1 aromatic rings. The van der Waals surface area contributed by atoms with Gasteiger partial charge in [-0.3, -0.25) is 20.2 Å². The van der Waals surface area contributed by atoms with Crippen molar-refractivity contribution >= 4 is 5.97 Å². The SMILES string of the molecule is CCOC(=O)[C@](C)([C@H](C[N+](=O)[O-])c1ccc(C)cc1)[N+](=O)[O-]. The summed E-state index contributed by atoms with van der Waals surface area (Å²) in [7, 11) is 0. The number of esters is 1. The van der Waals surface area contributed by atoms with Gasteiger partial charge < -0.3 is 4.74 Å². The third-order valence-corrected chi connectivity index (χ3v) is 3.56. The van der Waals surface area contributed by atoms with Crippen LogP contribution < -0.4 is 0 Å². The molecule has 0 fully saturated rings. The predicted octanol–water partition coefficient (Wildman–Crippen LogP) is 1.95. The minimum Gasteiger partial charge on any atom is -0.461 e. The number of ether oxygens (including phenoxy) is 1. The highest BCUT2D eigenvalue weighted by atomic mass is 16.6. The number of nitro groups is 2. The fourth-order valence-electron chi connectivity index (χ4n) is 2.18. The standard InChI is InChI=1S/C14H18N2O6/c1-4-22-13(17)14(3,16(20)21)12(9-15(18)19)11-7-5-10(2)6-8-11/h5-8,12H,4,9H2,1-3H3/t12-,14+/m1/s1. The Morgan fingerprint density at radius 2 is 1.82 bits per heavy atom. The quantitative estimate of drug-likeness (QED) is 0.432. The Bertz CT molecular complexity index is 571. The Labute approximate surface area is 127 Å². The van der Waals surface area contributed by atoms with Gasteiger partial charge in [-0.05, 0) is 19.4 Å². The minimum atomic E-state index is -2.22. The van der Waals surface area contributed by atoms with Crippen LogP contribution >= 0.6 is 0 Å². The Balaban J connectivity index is 3.38. The predicted molar refractivity (Wildman–Crippen MR) is 77.8 cm³/mol. The molecule has 0 N–H and O–H groups in total. The molecule has 1 rings (SSSR count). The molecule has 0 amide bonds. The molecule has 0 aliphatic heterocycles. The van der Waals surface area contributed by atoms with E-state index in [-0.39, 0.29) is 6.61 Å². The fraction of sp³-hybridized carbons (Fsp3) is 0.500. The zero-order chi connectivity index (χ0) is 16.9. The van der Waals surface area contributed by atoms with Gasteiger partial charge in [-0.2, -0.15) is 0 Å². The molecule has 2 atom stereocenters. The first-order chi connectivity index (χ1) is 10.2. The molecule has 0 aromatic heterocycles. The topological polar surface area (TPSA) is 113 Å². The van der Waals surface area contributed by atoms with Gasteiger partial charge in [-0.25, -0.2) is 4.79 Å². The summed E-state index contributed by atoms with van der Waals surface area (Å²) < 4.78 is 4.77. The van der Waals surface area contributed by atoms with E-state index in [0.717, 1.165) is 12.5 Å². The van der Waals surface area contributed by atoms with E-state index in [1.165, 1.54) is 6.92 Å². The van der Waals surface area contributed by atoms with Gasteiger partial charge in [-0.15, -0.1) is 0 Å². The van der Waals surface area contributed by atoms with Crippen LogP contribution in [-0.2, 0) is 9.53 Å². The molecule has 0 saturated heterocycles. The summed E-state index contributed by atoms with van der Waals surface area (Å²) in [5.41, 5.74) is -0.963. The third-order valence-electron chi connectivity index (χ3n) is 3.56. The summed E-state index contributed by atoms with van der Waals surface area (Å²) in [5, 5.41) is 22.4. The third kappa shape index (κ3) is 3.57. The summed E-state index contributed by atoms with van der Waals surface area (Å²) in [6.07, 6.45) is 0. The molecular formula is C14H18N2O6. The monoisotopic (exact) mass is 310 g/mol. The van der Waals surface area contributed by atoms with Crippen molar-refractivity contribution in [1.82, 2.24) is 0 Å². The molecule has 8 nitrogen and oxygen atoms in total. The average Bonchev–Trinajstić information content (AvgIpc) is 2.44. The zero-order valence-electron chi connectivity index (χ0n) is 12.6. The summed E-state index contributed by atoms with van der Waals surface area (Å²) in [6, 6.07) is 6.50. The average molecular weight is 310 g/mol. The van der Waals surface area contributed by atoms with Crippen molar-refractivity contribution in [2.45, 2.75) is 32.2 Å². The molecule has 22 heavy (non-hydrogen) atoms. The molecule has 0 saturated carbocycles. The van der Waals surface area contributed by atoms with Gasteiger partial charge >= 0.3 is 11.5 Å². The molecule has 8 heteroatoms. The number of hydrogen-bond donors (Lipinski definition) is 0. The second-order valence-corrected chi connectivity index (χ2v) is 5.10. The lowest BCUT2D eigenvalue weighted by Gasteiger charge is -2.25. The van der Waals surface area contributed by atoms with Crippen LogP contribution in [0.1, 0.15) is 30.9 Å². The zero-order valence-corrected chi connectivity index (χ0v) is 12.6. The van der Waals surface area contributed by atoms with Gasteiger partial charge in [0.25, 0.3) is 0 Å². The van der Waals surface area contributed by atoms with Gasteiger partial charge in [0.15, 0.2) is 0 Å². The molecule has 0 spiro atoms. The maximum atomic E-state index is 12.1. The number of benzene rings is 1. The highest BCUT2D eigenvalue weighted by Gasteiger charge is 2.57. The second-order valence-electron chi connectivity index (χ2n) is 5.10. The molecule has 1 aromatic carbocycles. The van der Waals surface area contributed by atoms with E-state index >= 15 is 0 Å². The molecule has 0 aliphatic rings. The van der Waals surface area contributed by atoms with E-state index in [9.17, 15) is 25.0 Å². The van der Waals surface area contributed by atoms with E-state index < -0.39 is 33.8 Å². The lowest BCUT2D eigenvalue weighted by Crippen LogP contribution is -2.51. The Kier molecular flexibility index (Phi) is 5.56. The maximum Gasteiger partial charge on any atom is 0.385 e. The van der Waals surface area contributed by atoms with Crippen LogP contribution in [0.15, 0.2) is 24.3 Å². The first-order valence-electron chi connectivity index (χ1n) is 6.73. The van der Waals surface area contributed by atoms with E-state index in [4.69, 9.17) is 4.74 Å².